The molecule has 0 bridgehead atoms. The minimum Gasteiger partial charge on any atom is -0.374 e. The van der Waals surface area contributed by atoms with Gasteiger partial charge in [0.25, 0.3) is 10.0 Å². The molecule has 7 nitrogen and oxygen atoms in total. The molecule has 0 amide bonds. The van der Waals surface area contributed by atoms with Gasteiger partial charge in [-0.15, -0.1) is 10.2 Å². The van der Waals surface area contributed by atoms with Gasteiger partial charge in [-0.1, -0.05) is 18.3 Å². The number of nitrogens with one attached hydrogen (secondary N) is 1. The first-order chi connectivity index (χ1) is 7.83. The van der Waals surface area contributed by atoms with Crippen LogP contribution in [-0.2, 0) is 20.8 Å². The minimum atomic E-state index is -3.64. The molecule has 1 aromatic rings. The predicted octanol–water partition coefficient (Wildman–Crippen LogP) is -0.444. The summed E-state index contributed by atoms with van der Waals surface area (Å²) in [7, 11) is -4.60. The lowest BCUT2D eigenvalue weighted by atomic mass is 10.3. The van der Waals surface area contributed by atoms with Crippen LogP contribution in [0.25, 0.3) is 0 Å². The minimum absolute atomic E-state index is 0.0582. The lowest BCUT2D eigenvalue weighted by Crippen LogP contribution is -2.27. The van der Waals surface area contributed by atoms with Gasteiger partial charge >= 0.3 is 0 Å². The number of hydrogen-bond acceptors (Lipinski definition) is 7. The van der Waals surface area contributed by atoms with Crippen LogP contribution in [0.5, 0.6) is 0 Å². The van der Waals surface area contributed by atoms with Crippen molar-refractivity contribution < 1.29 is 12.6 Å². The number of nitrogen functional groups attached to an aromatic ring is 1. The molecular formula is C7H14N4O3S3. The van der Waals surface area contributed by atoms with Crippen LogP contribution >= 0.6 is 11.3 Å². The van der Waals surface area contributed by atoms with Crippen LogP contribution in [0.15, 0.2) is 4.34 Å². The molecule has 2 atom stereocenters. The third kappa shape index (κ3) is 4.30. The zero-order valence-corrected chi connectivity index (χ0v) is 11.9. The van der Waals surface area contributed by atoms with Crippen LogP contribution in [0, 0.1) is 0 Å². The van der Waals surface area contributed by atoms with E-state index in [1.807, 2.05) is 0 Å². The van der Waals surface area contributed by atoms with E-state index in [9.17, 15) is 12.6 Å². The standard InChI is InChI=1S/C7H14N4O3S3/c1-5(16(2)12)3-4-9-17(13,14)7-11-10-6(8)15-7/h5,9H,3-4H2,1-2H3,(H2,8,10). The molecule has 0 aliphatic heterocycles. The lowest BCUT2D eigenvalue weighted by molar-refractivity contribution is 0.576. The topological polar surface area (TPSA) is 115 Å². The summed E-state index contributed by atoms with van der Waals surface area (Å²) in [5.41, 5.74) is 5.30. The molecule has 10 heteroatoms. The second kappa shape index (κ2) is 5.85. The van der Waals surface area contributed by atoms with Gasteiger partial charge in [0.2, 0.25) is 9.47 Å². The predicted molar refractivity (Wildman–Crippen MR) is 67.7 cm³/mol. The Morgan fingerprint density at radius 1 is 1.53 bits per heavy atom. The second-order valence-electron chi connectivity index (χ2n) is 3.40. The maximum Gasteiger partial charge on any atom is 0.269 e. The lowest BCUT2D eigenvalue weighted by Gasteiger charge is -2.08. The first-order valence-electron chi connectivity index (χ1n) is 4.74. The average Bonchev–Trinajstić information content (AvgIpc) is 2.65. The van der Waals surface area contributed by atoms with E-state index in [4.69, 9.17) is 5.73 Å². The third-order valence-electron chi connectivity index (χ3n) is 2.06. The largest absolute Gasteiger partial charge is 0.374 e. The Bertz CT molecular complexity index is 498. The Hall–Kier alpha value is -0.580. The molecule has 3 N–H and O–H groups in total. The quantitative estimate of drug-likeness (QED) is 0.735. The first-order valence-corrected chi connectivity index (χ1v) is 8.66. The molecule has 1 rings (SSSR count). The van der Waals surface area contributed by atoms with Crippen molar-refractivity contribution in [1.82, 2.24) is 14.9 Å². The Balaban J connectivity index is 2.54. The van der Waals surface area contributed by atoms with Gasteiger partial charge in [0.1, 0.15) is 0 Å². The number of hydrogen-bond donors (Lipinski definition) is 2. The zero-order chi connectivity index (χ0) is 13.1. The summed E-state index contributed by atoms with van der Waals surface area (Å²) in [5.74, 6) is 0. The molecule has 1 aromatic heterocycles. The van der Waals surface area contributed by atoms with E-state index < -0.39 is 20.8 Å². The summed E-state index contributed by atoms with van der Waals surface area (Å²) in [6.07, 6.45) is 2.08. The van der Waals surface area contributed by atoms with E-state index in [1.54, 1.807) is 13.2 Å². The summed E-state index contributed by atoms with van der Waals surface area (Å²) in [6.45, 7) is 2.01. The highest BCUT2D eigenvalue weighted by molar-refractivity contribution is 7.91. The average molecular weight is 298 g/mol. The Kier molecular flexibility index (Phi) is 4.98. The molecule has 1 heterocycles. The summed E-state index contributed by atoms with van der Waals surface area (Å²) < 4.78 is 36.6. The summed E-state index contributed by atoms with van der Waals surface area (Å²) in [6, 6.07) is 0. The van der Waals surface area contributed by atoms with Crippen molar-refractivity contribution in [2.24, 2.45) is 0 Å². The van der Waals surface area contributed by atoms with Crippen molar-refractivity contribution in [3.63, 3.8) is 0 Å². The molecule has 2 unspecified atom stereocenters. The Morgan fingerprint density at radius 3 is 2.65 bits per heavy atom. The molecule has 0 aromatic carbocycles. The van der Waals surface area contributed by atoms with Gasteiger partial charge in [0, 0.05) is 28.9 Å². The highest BCUT2D eigenvalue weighted by atomic mass is 32.2. The first kappa shape index (κ1) is 14.5. The van der Waals surface area contributed by atoms with E-state index in [0.717, 1.165) is 11.3 Å². The molecule has 0 spiro atoms. The van der Waals surface area contributed by atoms with Gasteiger partial charge in [0.15, 0.2) is 0 Å². The number of nitrogens with zero attached hydrogens (tertiary/aromatic N) is 2. The number of rotatable bonds is 6. The van der Waals surface area contributed by atoms with Gasteiger partial charge in [-0.25, -0.2) is 13.1 Å². The Morgan fingerprint density at radius 2 is 2.18 bits per heavy atom. The number of nitrogens with two attached hydrogens (primary N) is 1. The molecule has 0 aliphatic carbocycles. The third-order valence-corrected chi connectivity index (χ3v) is 6.01. The maximum atomic E-state index is 11.7. The molecule has 98 valence electrons. The van der Waals surface area contributed by atoms with Crippen molar-refractivity contribution in [1.29, 1.82) is 0 Å². The van der Waals surface area contributed by atoms with Crippen LogP contribution in [0.3, 0.4) is 0 Å². The molecule has 0 radical (unpaired) electrons. The van der Waals surface area contributed by atoms with E-state index in [1.165, 1.54) is 0 Å². The number of aromatic nitrogens is 2. The van der Waals surface area contributed by atoms with Crippen LogP contribution in [0.4, 0.5) is 5.13 Å². The fourth-order valence-corrected chi connectivity index (χ4v) is 3.28. The monoisotopic (exact) mass is 298 g/mol. The molecular weight excluding hydrogens is 284 g/mol. The van der Waals surface area contributed by atoms with Gasteiger partial charge in [-0.2, -0.15) is 0 Å². The molecule has 17 heavy (non-hydrogen) atoms. The fraction of sp³-hybridized carbons (Fsp3) is 0.714. The summed E-state index contributed by atoms with van der Waals surface area (Å²) in [4.78, 5) is 0. The van der Waals surface area contributed by atoms with Crippen molar-refractivity contribution in [2.45, 2.75) is 22.9 Å². The highest BCUT2D eigenvalue weighted by Crippen LogP contribution is 2.16. The zero-order valence-electron chi connectivity index (χ0n) is 9.41. The summed E-state index contributed by atoms with van der Waals surface area (Å²) >= 11 is 0.805. The van der Waals surface area contributed by atoms with Gasteiger partial charge < -0.3 is 5.73 Å². The molecule has 0 saturated heterocycles. The Labute approximate surface area is 106 Å². The molecule has 0 aliphatic rings. The highest BCUT2D eigenvalue weighted by Gasteiger charge is 2.19. The normalized spacial score (nSPS) is 15.6. The molecule has 0 saturated carbocycles. The van der Waals surface area contributed by atoms with Crippen LogP contribution in [0.1, 0.15) is 13.3 Å². The number of anilines is 1. The fourth-order valence-electron chi connectivity index (χ4n) is 0.953. The van der Waals surface area contributed by atoms with Crippen LogP contribution in [0.2, 0.25) is 0 Å². The summed E-state index contributed by atoms with van der Waals surface area (Å²) in [5, 5.41) is 6.93. The smallest absolute Gasteiger partial charge is 0.269 e. The maximum absolute atomic E-state index is 11.7. The van der Waals surface area contributed by atoms with Crippen LogP contribution < -0.4 is 10.5 Å². The van der Waals surface area contributed by atoms with E-state index in [2.05, 4.69) is 14.9 Å². The SMILES string of the molecule is CC(CCNS(=O)(=O)c1nnc(N)s1)S(C)=O. The van der Waals surface area contributed by atoms with E-state index >= 15 is 0 Å². The van der Waals surface area contributed by atoms with Crippen molar-refractivity contribution >= 4 is 37.3 Å². The molecule has 0 fully saturated rings. The van der Waals surface area contributed by atoms with Crippen molar-refractivity contribution in [3.8, 4) is 0 Å². The van der Waals surface area contributed by atoms with E-state index in [0.29, 0.717) is 6.42 Å². The van der Waals surface area contributed by atoms with E-state index in [-0.39, 0.29) is 21.3 Å². The second-order valence-corrected chi connectivity index (χ2v) is 8.15. The van der Waals surface area contributed by atoms with Crippen LogP contribution in [-0.4, -0.2) is 40.9 Å². The van der Waals surface area contributed by atoms with Crippen molar-refractivity contribution in [2.75, 3.05) is 18.5 Å². The van der Waals surface area contributed by atoms with Gasteiger partial charge in [-0.3, -0.25) is 4.21 Å². The van der Waals surface area contributed by atoms with Gasteiger partial charge in [-0.05, 0) is 6.42 Å². The number of sulfonamides is 1. The van der Waals surface area contributed by atoms with Gasteiger partial charge in [0.05, 0.1) is 0 Å². The van der Waals surface area contributed by atoms with Crippen molar-refractivity contribution in [3.05, 3.63) is 0 Å².